The predicted molar refractivity (Wildman–Crippen MR) is 97.3 cm³/mol. The molecule has 140 valence electrons. The van der Waals surface area contributed by atoms with Crippen LogP contribution >= 0.6 is 0 Å². The van der Waals surface area contributed by atoms with Crippen LogP contribution < -0.4 is 5.32 Å². The highest BCUT2D eigenvalue weighted by molar-refractivity contribution is 5.91. The Morgan fingerprint density at radius 2 is 2.04 bits per heavy atom. The highest BCUT2D eigenvalue weighted by Crippen LogP contribution is 2.26. The van der Waals surface area contributed by atoms with Crippen LogP contribution in [0.5, 0.6) is 0 Å². The van der Waals surface area contributed by atoms with Gasteiger partial charge in [-0.15, -0.1) is 0 Å². The van der Waals surface area contributed by atoms with Crippen LogP contribution in [-0.2, 0) is 6.42 Å². The lowest BCUT2D eigenvalue weighted by Gasteiger charge is -2.28. The van der Waals surface area contributed by atoms with Crippen LogP contribution in [0.1, 0.15) is 54.5 Å². The maximum absolute atomic E-state index is 14.3. The fraction of sp³-hybridized carbons (Fsp3) is 0.500. The molecule has 0 radical (unpaired) electrons. The first-order valence-electron chi connectivity index (χ1n) is 9.27. The SMILES string of the molecule is CC(C)Cc1cc(C(=O)NC[C@H](c2ccccc2F)N2CCCC2)on1. The number of carbonyl (C=O) groups is 1. The van der Waals surface area contributed by atoms with Gasteiger partial charge in [-0.2, -0.15) is 0 Å². The molecule has 0 saturated carbocycles. The molecule has 26 heavy (non-hydrogen) atoms. The molecule has 0 aliphatic carbocycles. The van der Waals surface area contributed by atoms with Gasteiger partial charge in [-0.1, -0.05) is 37.2 Å². The first kappa shape index (κ1) is 18.6. The zero-order chi connectivity index (χ0) is 18.5. The molecule has 1 amide bonds. The molecule has 1 aliphatic rings. The molecule has 1 aromatic heterocycles. The summed E-state index contributed by atoms with van der Waals surface area (Å²) in [7, 11) is 0. The van der Waals surface area contributed by atoms with Crippen molar-refractivity contribution in [3.05, 3.63) is 53.2 Å². The van der Waals surface area contributed by atoms with E-state index in [1.807, 2.05) is 6.07 Å². The number of nitrogens with one attached hydrogen (secondary N) is 1. The topological polar surface area (TPSA) is 58.4 Å². The Hall–Kier alpha value is -2.21. The second-order valence-corrected chi connectivity index (χ2v) is 7.27. The molecule has 1 aromatic carbocycles. The number of aromatic nitrogens is 1. The van der Waals surface area contributed by atoms with Crippen LogP contribution in [0.25, 0.3) is 0 Å². The van der Waals surface area contributed by atoms with Crippen molar-refractivity contribution in [3.63, 3.8) is 0 Å². The largest absolute Gasteiger partial charge is 0.351 e. The number of amides is 1. The number of rotatable bonds is 7. The first-order chi connectivity index (χ1) is 12.5. The van der Waals surface area contributed by atoms with Gasteiger partial charge in [-0.05, 0) is 44.3 Å². The fourth-order valence-electron chi connectivity index (χ4n) is 3.44. The van der Waals surface area contributed by atoms with Crippen LogP contribution in [-0.4, -0.2) is 35.6 Å². The van der Waals surface area contributed by atoms with Gasteiger partial charge in [0.15, 0.2) is 0 Å². The third-order valence-corrected chi connectivity index (χ3v) is 4.70. The quantitative estimate of drug-likeness (QED) is 0.821. The molecular weight excluding hydrogens is 333 g/mol. The summed E-state index contributed by atoms with van der Waals surface area (Å²) in [6.07, 6.45) is 2.96. The van der Waals surface area contributed by atoms with Crippen LogP contribution in [0.4, 0.5) is 4.39 Å². The lowest BCUT2D eigenvalue weighted by atomic mass is 10.0. The Kier molecular flexibility index (Phi) is 6.04. The summed E-state index contributed by atoms with van der Waals surface area (Å²) < 4.78 is 19.5. The minimum Gasteiger partial charge on any atom is -0.351 e. The number of nitrogens with zero attached hydrogens (tertiary/aromatic N) is 2. The maximum Gasteiger partial charge on any atom is 0.289 e. The van der Waals surface area contributed by atoms with E-state index in [-0.39, 0.29) is 23.5 Å². The summed E-state index contributed by atoms with van der Waals surface area (Å²) >= 11 is 0. The molecule has 2 aromatic rings. The lowest BCUT2D eigenvalue weighted by Crippen LogP contribution is -2.37. The third kappa shape index (κ3) is 4.49. The second-order valence-electron chi connectivity index (χ2n) is 7.27. The molecule has 3 rings (SSSR count). The monoisotopic (exact) mass is 359 g/mol. The number of hydrogen-bond donors (Lipinski definition) is 1. The summed E-state index contributed by atoms with van der Waals surface area (Å²) in [5.74, 6) is 0.0940. The number of halogens is 1. The van der Waals surface area contributed by atoms with E-state index in [1.54, 1.807) is 18.2 Å². The summed E-state index contributed by atoms with van der Waals surface area (Å²) in [4.78, 5) is 14.6. The Morgan fingerprint density at radius 3 is 2.73 bits per heavy atom. The van der Waals surface area contributed by atoms with E-state index < -0.39 is 0 Å². The van der Waals surface area contributed by atoms with Crippen molar-refractivity contribution in [2.45, 2.75) is 39.2 Å². The zero-order valence-electron chi connectivity index (χ0n) is 15.4. The normalized spacial score (nSPS) is 16.2. The summed E-state index contributed by atoms with van der Waals surface area (Å²) in [6.45, 7) is 6.33. The highest BCUT2D eigenvalue weighted by atomic mass is 19.1. The molecule has 0 unspecified atom stereocenters. The molecule has 5 nitrogen and oxygen atoms in total. The molecule has 0 bridgehead atoms. The Bertz CT molecular complexity index is 738. The van der Waals surface area contributed by atoms with Crippen molar-refractivity contribution in [3.8, 4) is 0 Å². The minimum absolute atomic E-state index is 0.180. The van der Waals surface area contributed by atoms with Crippen LogP contribution in [0, 0.1) is 11.7 Å². The van der Waals surface area contributed by atoms with E-state index >= 15 is 0 Å². The second kappa shape index (κ2) is 8.45. The minimum atomic E-state index is -0.312. The van der Waals surface area contributed by atoms with E-state index in [4.69, 9.17) is 4.52 Å². The van der Waals surface area contributed by atoms with E-state index in [0.29, 0.717) is 18.0 Å². The first-order valence-corrected chi connectivity index (χ1v) is 9.27. The predicted octanol–water partition coefficient (Wildman–Crippen LogP) is 3.58. The van der Waals surface area contributed by atoms with Crippen molar-refractivity contribution in [1.29, 1.82) is 0 Å². The van der Waals surface area contributed by atoms with Gasteiger partial charge >= 0.3 is 0 Å². The van der Waals surface area contributed by atoms with Crippen molar-refractivity contribution < 1.29 is 13.7 Å². The van der Waals surface area contributed by atoms with Crippen molar-refractivity contribution in [2.75, 3.05) is 19.6 Å². The molecule has 1 saturated heterocycles. The smallest absolute Gasteiger partial charge is 0.289 e. The van der Waals surface area contributed by atoms with Gasteiger partial charge in [0.2, 0.25) is 5.76 Å². The molecule has 6 heteroatoms. The average Bonchev–Trinajstić information content (AvgIpc) is 3.28. The molecular formula is C20H26FN3O2. The third-order valence-electron chi connectivity index (χ3n) is 4.70. The zero-order valence-corrected chi connectivity index (χ0v) is 15.4. The van der Waals surface area contributed by atoms with Crippen LogP contribution in [0.3, 0.4) is 0 Å². The van der Waals surface area contributed by atoms with E-state index in [1.165, 1.54) is 6.07 Å². The van der Waals surface area contributed by atoms with E-state index in [0.717, 1.165) is 38.0 Å². The number of hydrogen-bond acceptors (Lipinski definition) is 4. The van der Waals surface area contributed by atoms with Crippen molar-refractivity contribution in [1.82, 2.24) is 15.4 Å². The number of likely N-dealkylation sites (tertiary alicyclic amines) is 1. The van der Waals surface area contributed by atoms with Gasteiger partial charge < -0.3 is 9.84 Å². The van der Waals surface area contributed by atoms with E-state index in [9.17, 15) is 9.18 Å². The number of benzene rings is 1. The van der Waals surface area contributed by atoms with Crippen LogP contribution in [0.2, 0.25) is 0 Å². The fourth-order valence-corrected chi connectivity index (χ4v) is 3.44. The van der Waals surface area contributed by atoms with Gasteiger partial charge in [-0.3, -0.25) is 9.69 Å². The lowest BCUT2D eigenvalue weighted by molar-refractivity contribution is 0.0900. The maximum atomic E-state index is 14.3. The highest BCUT2D eigenvalue weighted by Gasteiger charge is 2.26. The Balaban J connectivity index is 1.68. The summed E-state index contributed by atoms with van der Waals surface area (Å²) in [5, 5.41) is 6.84. The van der Waals surface area contributed by atoms with Gasteiger partial charge in [0.1, 0.15) is 5.82 Å². The molecule has 1 fully saturated rings. The Labute approximate surface area is 153 Å². The average molecular weight is 359 g/mol. The summed E-state index contributed by atoms with van der Waals surface area (Å²) in [6, 6.07) is 8.28. The molecule has 0 spiro atoms. The molecule has 1 atom stereocenters. The van der Waals surface area contributed by atoms with Gasteiger partial charge in [0.05, 0.1) is 11.7 Å². The van der Waals surface area contributed by atoms with Gasteiger partial charge in [0.25, 0.3) is 5.91 Å². The van der Waals surface area contributed by atoms with Crippen molar-refractivity contribution >= 4 is 5.91 Å². The summed E-state index contributed by atoms with van der Waals surface area (Å²) in [5.41, 5.74) is 1.39. The standard InChI is InChI=1S/C20H26FN3O2/c1-14(2)11-15-12-19(26-23-15)20(25)22-13-18(24-9-5-6-10-24)16-7-3-4-8-17(16)21/h3-4,7-8,12,14,18H,5-6,9-11,13H2,1-2H3,(H,22,25)/t18-/m1/s1. The number of carbonyl (C=O) groups excluding carboxylic acids is 1. The molecule has 1 N–H and O–H groups in total. The van der Waals surface area contributed by atoms with Gasteiger partial charge in [0, 0.05) is 18.2 Å². The van der Waals surface area contributed by atoms with E-state index in [2.05, 4.69) is 29.2 Å². The van der Waals surface area contributed by atoms with Crippen LogP contribution in [0.15, 0.2) is 34.9 Å². The molecule has 2 heterocycles. The Morgan fingerprint density at radius 1 is 1.31 bits per heavy atom. The van der Waals surface area contributed by atoms with Crippen molar-refractivity contribution in [2.24, 2.45) is 5.92 Å². The molecule has 1 aliphatic heterocycles. The van der Waals surface area contributed by atoms with Gasteiger partial charge in [-0.25, -0.2) is 4.39 Å².